The number of pyridine rings is 1. The summed E-state index contributed by atoms with van der Waals surface area (Å²) in [4.78, 5) is 21.0. The molecule has 0 unspecified atom stereocenters. The zero-order valence-corrected chi connectivity index (χ0v) is 19.8. The molecule has 3 heterocycles. The molecular weight excluding hydrogens is 482 g/mol. The van der Waals surface area contributed by atoms with Crippen LogP contribution in [0.4, 0.5) is 5.82 Å². The van der Waals surface area contributed by atoms with Crippen molar-refractivity contribution in [2.24, 2.45) is 5.92 Å². The molecule has 0 radical (unpaired) electrons. The van der Waals surface area contributed by atoms with Crippen LogP contribution in [0.2, 0.25) is 0 Å². The van der Waals surface area contributed by atoms with Crippen LogP contribution in [0, 0.1) is 12.8 Å². The number of rotatable bonds is 4. The molecule has 7 nitrogen and oxygen atoms in total. The van der Waals surface area contributed by atoms with E-state index in [-0.39, 0.29) is 11.8 Å². The number of carboxylic acids is 1. The van der Waals surface area contributed by atoms with E-state index in [0.717, 1.165) is 45.4 Å². The van der Waals surface area contributed by atoms with Crippen LogP contribution in [0.25, 0.3) is 28.0 Å². The third-order valence-electron chi connectivity index (χ3n) is 6.61. The first-order valence-corrected chi connectivity index (χ1v) is 11.8. The molecule has 3 aromatic heterocycles. The van der Waals surface area contributed by atoms with Gasteiger partial charge in [-0.15, -0.1) is 0 Å². The van der Waals surface area contributed by atoms with E-state index >= 15 is 0 Å². The van der Waals surface area contributed by atoms with E-state index in [0.29, 0.717) is 24.3 Å². The van der Waals surface area contributed by atoms with Crippen LogP contribution in [-0.4, -0.2) is 30.7 Å². The summed E-state index contributed by atoms with van der Waals surface area (Å²) in [7, 11) is 0. The molecule has 0 amide bonds. The van der Waals surface area contributed by atoms with E-state index in [2.05, 4.69) is 45.1 Å². The Balaban J connectivity index is 1.51. The number of benzene rings is 1. The van der Waals surface area contributed by atoms with Crippen molar-refractivity contribution in [2.75, 3.05) is 5.73 Å². The number of hydrogen-bond acceptors (Lipinski definition) is 5. The van der Waals surface area contributed by atoms with Crippen LogP contribution in [-0.2, 0) is 4.79 Å². The van der Waals surface area contributed by atoms with E-state index in [9.17, 15) is 9.90 Å². The fourth-order valence-electron chi connectivity index (χ4n) is 4.67. The average Bonchev–Trinajstić information content (AvgIpc) is 3.26. The highest BCUT2D eigenvalue weighted by Gasteiger charge is 2.30. The molecule has 8 heteroatoms. The zero-order valence-electron chi connectivity index (χ0n) is 18.2. The summed E-state index contributed by atoms with van der Waals surface area (Å²) in [5.41, 5.74) is 12.9. The van der Waals surface area contributed by atoms with Gasteiger partial charge in [-0.2, -0.15) is 9.61 Å². The number of hydrogen-bond donors (Lipinski definition) is 2. The third-order valence-corrected chi connectivity index (χ3v) is 7.42. The van der Waals surface area contributed by atoms with Gasteiger partial charge in [-0.25, -0.2) is 4.98 Å². The van der Waals surface area contributed by atoms with E-state index in [1.54, 1.807) is 10.7 Å². The minimum atomic E-state index is -0.713. The lowest BCUT2D eigenvalue weighted by Crippen LogP contribution is -2.21. The number of aryl methyl sites for hydroxylation is 1. The number of nitrogens with zero attached hydrogens (tertiary/aromatic N) is 4. The minimum Gasteiger partial charge on any atom is -0.481 e. The van der Waals surface area contributed by atoms with Crippen LogP contribution in [0.15, 0.2) is 53.3 Å². The van der Waals surface area contributed by atoms with Gasteiger partial charge in [0.1, 0.15) is 5.82 Å². The van der Waals surface area contributed by atoms with Crippen molar-refractivity contribution in [3.63, 3.8) is 0 Å². The van der Waals surface area contributed by atoms with Crippen molar-refractivity contribution in [3.05, 3.63) is 64.5 Å². The van der Waals surface area contributed by atoms with E-state index in [4.69, 9.17) is 10.7 Å². The second-order valence-corrected chi connectivity index (χ2v) is 9.42. The topological polar surface area (TPSA) is 106 Å². The molecule has 5 rings (SSSR count). The van der Waals surface area contributed by atoms with Crippen molar-refractivity contribution >= 4 is 33.4 Å². The van der Waals surface area contributed by atoms with Gasteiger partial charge in [0.05, 0.1) is 28.0 Å². The number of fused-ring (bicyclic) bond motifs is 1. The Morgan fingerprint density at radius 1 is 1.09 bits per heavy atom. The first-order chi connectivity index (χ1) is 15.9. The number of carbonyl (C=O) groups is 1. The lowest BCUT2D eigenvalue weighted by atomic mass is 9.80. The molecule has 0 bridgehead atoms. The highest BCUT2D eigenvalue weighted by Crippen LogP contribution is 2.40. The largest absolute Gasteiger partial charge is 0.481 e. The molecular formula is C25H24BrN5O2. The van der Waals surface area contributed by atoms with Crippen molar-refractivity contribution in [1.82, 2.24) is 19.6 Å². The van der Waals surface area contributed by atoms with E-state index in [1.165, 1.54) is 5.56 Å². The second-order valence-electron chi connectivity index (χ2n) is 8.62. The predicted molar refractivity (Wildman–Crippen MR) is 131 cm³/mol. The standard InChI is InChI=1S/C25H24BrN5O2/c1-14-4-2-3-5-18(14)20-11-10-17(12-28-20)19-13-29-31-23(27)21(26)22(30-24(19)31)15-6-8-16(9-7-15)25(32)33/h2-5,10-13,15-16H,6-9,27H2,1H3,(H,32,33)/t15-,16+. The molecule has 1 aromatic carbocycles. The SMILES string of the molecule is Cc1ccccc1-c1ccc(-c2cnn3c(N)c(Br)c([C@H]4CC[C@@H](C(=O)O)CC4)nc23)cn1. The molecule has 1 aliphatic carbocycles. The van der Waals surface area contributed by atoms with Crippen LogP contribution in [0.5, 0.6) is 0 Å². The molecule has 4 aromatic rings. The molecule has 168 valence electrons. The van der Waals surface area contributed by atoms with Crippen molar-refractivity contribution < 1.29 is 9.90 Å². The number of halogens is 1. The fraction of sp³-hybridized carbons (Fsp3) is 0.280. The van der Waals surface area contributed by atoms with Crippen molar-refractivity contribution in [3.8, 4) is 22.4 Å². The summed E-state index contributed by atoms with van der Waals surface area (Å²) in [6, 6.07) is 12.2. The Hall–Kier alpha value is -3.26. The Labute approximate surface area is 199 Å². The molecule has 0 aliphatic heterocycles. The van der Waals surface area contributed by atoms with Gasteiger partial charge in [0.2, 0.25) is 0 Å². The summed E-state index contributed by atoms with van der Waals surface area (Å²) >= 11 is 3.61. The highest BCUT2D eigenvalue weighted by molar-refractivity contribution is 9.10. The lowest BCUT2D eigenvalue weighted by Gasteiger charge is -2.26. The first kappa shape index (κ1) is 21.6. The number of carboxylic acid groups (broad SMARTS) is 1. The van der Waals surface area contributed by atoms with Crippen LogP contribution >= 0.6 is 15.9 Å². The second kappa shape index (κ2) is 8.59. The summed E-state index contributed by atoms with van der Waals surface area (Å²) in [6.07, 6.45) is 6.45. The van der Waals surface area contributed by atoms with Gasteiger partial charge in [0.15, 0.2) is 5.65 Å². The average molecular weight is 506 g/mol. The van der Waals surface area contributed by atoms with Gasteiger partial charge in [-0.3, -0.25) is 9.78 Å². The van der Waals surface area contributed by atoms with Gasteiger partial charge in [-0.1, -0.05) is 30.3 Å². The predicted octanol–water partition coefficient (Wildman–Crippen LogP) is 5.47. The van der Waals surface area contributed by atoms with Gasteiger partial charge >= 0.3 is 5.97 Å². The molecule has 1 fully saturated rings. The Bertz CT molecular complexity index is 1340. The summed E-state index contributed by atoms with van der Waals surface area (Å²) in [5.74, 6) is -0.336. The van der Waals surface area contributed by atoms with Gasteiger partial charge in [-0.05, 0) is 60.2 Å². The van der Waals surface area contributed by atoms with Crippen molar-refractivity contribution in [2.45, 2.75) is 38.5 Å². The molecule has 3 N–H and O–H groups in total. The third kappa shape index (κ3) is 3.88. The minimum absolute atomic E-state index is 0.159. The summed E-state index contributed by atoms with van der Waals surface area (Å²) in [5, 5.41) is 13.8. The van der Waals surface area contributed by atoms with Crippen molar-refractivity contribution in [1.29, 1.82) is 0 Å². The van der Waals surface area contributed by atoms with Gasteiger partial charge < -0.3 is 10.8 Å². The smallest absolute Gasteiger partial charge is 0.306 e. The van der Waals surface area contributed by atoms with Gasteiger partial charge in [0.25, 0.3) is 0 Å². The molecule has 0 atom stereocenters. The number of aliphatic carboxylic acids is 1. The number of anilines is 1. The monoisotopic (exact) mass is 505 g/mol. The Kier molecular flexibility index (Phi) is 5.62. The molecule has 1 saturated carbocycles. The maximum Gasteiger partial charge on any atom is 0.306 e. The lowest BCUT2D eigenvalue weighted by molar-refractivity contribution is -0.142. The molecule has 0 spiro atoms. The highest BCUT2D eigenvalue weighted by atomic mass is 79.9. The molecule has 1 aliphatic rings. The Morgan fingerprint density at radius 2 is 1.85 bits per heavy atom. The molecule has 0 saturated heterocycles. The number of nitrogens with two attached hydrogens (primary N) is 1. The van der Waals surface area contributed by atoms with E-state index in [1.807, 2.05) is 30.5 Å². The van der Waals surface area contributed by atoms with E-state index < -0.39 is 5.97 Å². The van der Waals surface area contributed by atoms with Crippen LogP contribution in [0.1, 0.15) is 42.9 Å². The molecule has 33 heavy (non-hydrogen) atoms. The number of aromatic nitrogens is 4. The maximum absolute atomic E-state index is 11.3. The fourth-order valence-corrected chi connectivity index (χ4v) is 5.25. The van der Waals surface area contributed by atoms with Crippen LogP contribution < -0.4 is 5.73 Å². The summed E-state index contributed by atoms with van der Waals surface area (Å²) < 4.78 is 2.37. The maximum atomic E-state index is 11.3. The van der Waals surface area contributed by atoms with Crippen LogP contribution in [0.3, 0.4) is 0 Å². The normalized spacial score (nSPS) is 18.5. The Morgan fingerprint density at radius 3 is 2.52 bits per heavy atom. The first-order valence-electron chi connectivity index (χ1n) is 11.0. The zero-order chi connectivity index (χ0) is 23.1. The number of nitrogen functional groups attached to an aromatic ring is 1. The van der Waals surface area contributed by atoms with Gasteiger partial charge in [0, 0.05) is 28.8 Å². The summed E-state index contributed by atoms with van der Waals surface area (Å²) in [6.45, 7) is 2.08. The quantitative estimate of drug-likeness (QED) is 0.380.